The van der Waals surface area contributed by atoms with E-state index in [1.165, 1.54) is 29.5 Å². The molecule has 0 atom stereocenters. The van der Waals surface area contributed by atoms with Crippen LogP contribution < -0.4 is 11.1 Å². The van der Waals surface area contributed by atoms with E-state index in [0.29, 0.717) is 0 Å². The number of hydrogen-bond donors (Lipinski definition) is 2. The van der Waals surface area contributed by atoms with Gasteiger partial charge in [0.1, 0.15) is 0 Å². The molecule has 20 heavy (non-hydrogen) atoms. The van der Waals surface area contributed by atoms with Gasteiger partial charge in [-0.1, -0.05) is 49.7 Å². The Labute approximate surface area is 122 Å². The van der Waals surface area contributed by atoms with Gasteiger partial charge in [0.2, 0.25) is 0 Å². The van der Waals surface area contributed by atoms with Crippen LogP contribution in [0, 0.1) is 0 Å². The number of nitrogens with two attached hydrogens (primary N) is 1. The zero-order valence-corrected chi connectivity index (χ0v) is 12.2. The average Bonchev–Trinajstić information content (AvgIpc) is 2.46. The van der Waals surface area contributed by atoms with Crippen LogP contribution in [-0.4, -0.2) is 6.54 Å². The van der Waals surface area contributed by atoms with Crippen molar-refractivity contribution in [1.82, 2.24) is 5.32 Å². The minimum Gasteiger partial charge on any atom is -0.399 e. The molecular weight excluding hydrogens is 244 g/mol. The lowest BCUT2D eigenvalue weighted by Gasteiger charge is -2.07. The number of hydrogen-bond acceptors (Lipinski definition) is 2. The highest BCUT2D eigenvalue weighted by Gasteiger charge is 1.96. The predicted molar refractivity (Wildman–Crippen MR) is 86.7 cm³/mol. The van der Waals surface area contributed by atoms with Crippen LogP contribution in [0.25, 0.3) is 0 Å². The Balaban J connectivity index is 1.73. The molecule has 0 heterocycles. The summed E-state index contributed by atoms with van der Waals surface area (Å²) in [6.45, 7) is 4.08. The second-order valence-corrected chi connectivity index (χ2v) is 5.24. The summed E-state index contributed by atoms with van der Waals surface area (Å²) < 4.78 is 0. The summed E-state index contributed by atoms with van der Waals surface area (Å²) in [6, 6.07) is 17.0. The Bertz CT molecular complexity index is 517. The van der Waals surface area contributed by atoms with Gasteiger partial charge >= 0.3 is 0 Å². The SMILES string of the molecule is CCCc1ccc(CCNCc2cccc(N)c2)cc1. The molecule has 0 spiro atoms. The van der Waals surface area contributed by atoms with E-state index >= 15 is 0 Å². The predicted octanol–water partition coefficient (Wildman–Crippen LogP) is 3.55. The molecule has 0 aliphatic heterocycles. The molecule has 0 bridgehead atoms. The van der Waals surface area contributed by atoms with Crippen LogP contribution in [-0.2, 0) is 19.4 Å². The number of nitrogens with one attached hydrogen (secondary N) is 1. The number of anilines is 1. The third-order valence-corrected chi connectivity index (χ3v) is 3.43. The lowest BCUT2D eigenvalue weighted by Crippen LogP contribution is -2.16. The molecule has 106 valence electrons. The van der Waals surface area contributed by atoms with Crippen LogP contribution >= 0.6 is 0 Å². The van der Waals surface area contributed by atoms with Crippen LogP contribution in [0.2, 0.25) is 0 Å². The number of nitrogen functional groups attached to an aromatic ring is 1. The fourth-order valence-corrected chi connectivity index (χ4v) is 2.33. The van der Waals surface area contributed by atoms with E-state index in [0.717, 1.165) is 25.2 Å². The summed E-state index contributed by atoms with van der Waals surface area (Å²) in [5.41, 5.74) is 10.7. The normalized spacial score (nSPS) is 10.7. The minimum atomic E-state index is 0.829. The van der Waals surface area contributed by atoms with Crippen molar-refractivity contribution in [2.24, 2.45) is 0 Å². The summed E-state index contributed by atoms with van der Waals surface area (Å²) in [5.74, 6) is 0. The van der Waals surface area contributed by atoms with Gasteiger partial charge in [0, 0.05) is 12.2 Å². The van der Waals surface area contributed by atoms with Crippen molar-refractivity contribution in [3.63, 3.8) is 0 Å². The molecule has 0 aliphatic carbocycles. The van der Waals surface area contributed by atoms with Gasteiger partial charge in [0.25, 0.3) is 0 Å². The maximum absolute atomic E-state index is 5.76. The molecule has 2 aromatic rings. The van der Waals surface area contributed by atoms with Gasteiger partial charge in [-0.15, -0.1) is 0 Å². The van der Waals surface area contributed by atoms with E-state index in [-0.39, 0.29) is 0 Å². The monoisotopic (exact) mass is 268 g/mol. The first-order valence-electron chi connectivity index (χ1n) is 7.41. The van der Waals surface area contributed by atoms with Gasteiger partial charge < -0.3 is 11.1 Å². The first-order chi connectivity index (χ1) is 9.78. The third kappa shape index (κ3) is 4.71. The Morgan fingerprint density at radius 1 is 0.900 bits per heavy atom. The molecule has 0 fully saturated rings. The standard InChI is InChI=1S/C18H24N2/c1-2-4-15-7-9-16(10-8-15)11-12-20-14-17-5-3-6-18(19)13-17/h3,5-10,13,20H,2,4,11-12,14,19H2,1H3. The summed E-state index contributed by atoms with van der Waals surface area (Å²) in [6.07, 6.45) is 3.45. The first kappa shape index (κ1) is 14.6. The number of rotatable bonds is 7. The highest BCUT2D eigenvalue weighted by molar-refractivity contribution is 5.40. The maximum atomic E-state index is 5.76. The second kappa shape index (κ2) is 7.71. The number of benzene rings is 2. The van der Waals surface area contributed by atoms with E-state index in [9.17, 15) is 0 Å². The van der Waals surface area contributed by atoms with Gasteiger partial charge in [0.05, 0.1) is 0 Å². The quantitative estimate of drug-likeness (QED) is 0.595. The van der Waals surface area contributed by atoms with Crippen LogP contribution in [0.1, 0.15) is 30.0 Å². The highest BCUT2D eigenvalue weighted by atomic mass is 14.8. The van der Waals surface area contributed by atoms with Gasteiger partial charge in [-0.2, -0.15) is 0 Å². The Morgan fingerprint density at radius 2 is 1.60 bits per heavy atom. The zero-order chi connectivity index (χ0) is 14.2. The molecule has 3 N–H and O–H groups in total. The van der Waals surface area contributed by atoms with E-state index in [1.54, 1.807) is 0 Å². The molecule has 0 saturated carbocycles. The second-order valence-electron chi connectivity index (χ2n) is 5.24. The van der Waals surface area contributed by atoms with Crippen LogP contribution in [0.4, 0.5) is 5.69 Å². The van der Waals surface area contributed by atoms with Gasteiger partial charge in [-0.3, -0.25) is 0 Å². The van der Waals surface area contributed by atoms with E-state index in [4.69, 9.17) is 5.73 Å². The van der Waals surface area contributed by atoms with Crippen molar-refractivity contribution in [1.29, 1.82) is 0 Å². The van der Waals surface area contributed by atoms with Crippen LogP contribution in [0.3, 0.4) is 0 Å². The summed E-state index contributed by atoms with van der Waals surface area (Å²) >= 11 is 0. The molecular formula is C18H24N2. The van der Waals surface area contributed by atoms with Crippen molar-refractivity contribution >= 4 is 5.69 Å². The molecule has 2 aromatic carbocycles. The molecule has 0 amide bonds. The molecule has 2 heteroatoms. The maximum Gasteiger partial charge on any atom is 0.0317 e. The zero-order valence-electron chi connectivity index (χ0n) is 12.2. The van der Waals surface area contributed by atoms with Crippen molar-refractivity contribution in [3.8, 4) is 0 Å². The van der Waals surface area contributed by atoms with Crippen LogP contribution in [0.15, 0.2) is 48.5 Å². The van der Waals surface area contributed by atoms with Crippen LogP contribution in [0.5, 0.6) is 0 Å². The molecule has 0 aliphatic rings. The van der Waals surface area contributed by atoms with Gasteiger partial charge in [0.15, 0.2) is 0 Å². The first-order valence-corrected chi connectivity index (χ1v) is 7.41. The van der Waals surface area contributed by atoms with E-state index in [1.807, 2.05) is 18.2 Å². The lowest BCUT2D eigenvalue weighted by molar-refractivity contribution is 0.687. The summed E-state index contributed by atoms with van der Waals surface area (Å²) in [4.78, 5) is 0. The van der Waals surface area contributed by atoms with E-state index in [2.05, 4.69) is 42.6 Å². The Hall–Kier alpha value is -1.80. The van der Waals surface area contributed by atoms with E-state index < -0.39 is 0 Å². The van der Waals surface area contributed by atoms with Gasteiger partial charge in [-0.05, 0) is 48.2 Å². The fraction of sp³-hybridized carbons (Fsp3) is 0.333. The van der Waals surface area contributed by atoms with Gasteiger partial charge in [-0.25, -0.2) is 0 Å². The molecule has 0 radical (unpaired) electrons. The smallest absolute Gasteiger partial charge is 0.0317 e. The minimum absolute atomic E-state index is 0.829. The summed E-state index contributed by atoms with van der Waals surface area (Å²) in [5, 5.41) is 3.46. The molecule has 0 aromatic heterocycles. The average molecular weight is 268 g/mol. The largest absolute Gasteiger partial charge is 0.399 e. The van der Waals surface area contributed by atoms with Crippen molar-refractivity contribution in [2.45, 2.75) is 32.7 Å². The Kier molecular flexibility index (Phi) is 5.63. The number of aryl methyl sites for hydroxylation is 1. The molecule has 2 rings (SSSR count). The third-order valence-electron chi connectivity index (χ3n) is 3.43. The van der Waals surface area contributed by atoms with Crippen molar-refractivity contribution < 1.29 is 0 Å². The van der Waals surface area contributed by atoms with Crippen molar-refractivity contribution in [2.75, 3.05) is 12.3 Å². The highest BCUT2D eigenvalue weighted by Crippen LogP contribution is 2.08. The molecule has 2 nitrogen and oxygen atoms in total. The fourth-order valence-electron chi connectivity index (χ4n) is 2.33. The Morgan fingerprint density at radius 3 is 2.25 bits per heavy atom. The molecule has 0 saturated heterocycles. The van der Waals surface area contributed by atoms with Crippen molar-refractivity contribution in [3.05, 3.63) is 65.2 Å². The summed E-state index contributed by atoms with van der Waals surface area (Å²) in [7, 11) is 0. The molecule has 0 unspecified atom stereocenters. The topological polar surface area (TPSA) is 38.0 Å². The lowest BCUT2D eigenvalue weighted by atomic mass is 10.1.